The van der Waals surface area contributed by atoms with Gasteiger partial charge >= 0.3 is 0 Å². The quantitative estimate of drug-likeness (QED) is 0.120. The maximum absolute atomic E-state index is 7.47. The van der Waals surface area contributed by atoms with Crippen molar-refractivity contribution in [3.63, 3.8) is 0 Å². The second-order valence-electron chi connectivity index (χ2n) is 14.5. The van der Waals surface area contributed by atoms with Crippen molar-refractivity contribution in [2.24, 2.45) is 11.7 Å². The average Bonchev–Trinajstić information content (AvgIpc) is 3.58. The van der Waals surface area contributed by atoms with E-state index in [1.807, 2.05) is 0 Å². The Morgan fingerprint density at radius 2 is 1.42 bits per heavy atom. The Labute approximate surface area is 324 Å². The van der Waals surface area contributed by atoms with Crippen molar-refractivity contribution in [1.82, 2.24) is 14.8 Å². The average molecular weight is 810 g/mol. The minimum atomic E-state index is -0.0134. The Morgan fingerprint density at radius 1 is 0.812 bits per heavy atom. The van der Waals surface area contributed by atoms with Crippen molar-refractivity contribution < 1.29 is 0 Å². The molecule has 0 unspecified atom stereocenters. The van der Waals surface area contributed by atoms with Crippen LogP contribution < -0.4 is 10.6 Å². The largest absolute Gasteiger partial charge is 0.353 e. The highest BCUT2D eigenvalue weighted by Gasteiger charge is 2.40. The van der Waals surface area contributed by atoms with Gasteiger partial charge in [-0.3, -0.25) is 9.80 Å². The zero-order valence-corrected chi connectivity index (χ0v) is 34.4. The minimum Gasteiger partial charge on any atom is -0.353 e. The van der Waals surface area contributed by atoms with E-state index >= 15 is 0 Å². The molecule has 0 spiro atoms. The molecule has 2 aliphatic heterocycles. The number of rotatable bonds is 18. The lowest BCUT2D eigenvalue weighted by Gasteiger charge is -2.47. The first-order chi connectivity index (χ1) is 22.1. The molecule has 276 valence electrons. The number of nitrogens with zero attached hydrogens (tertiary/aromatic N) is 4. The van der Waals surface area contributed by atoms with Crippen LogP contribution in [0.25, 0.3) is 10.8 Å². The molecule has 5 rings (SSSR count). The number of aromatic nitrogens is 1. The SMILES string of the molecule is CCCCCCCCCCCCCC[C@@](N)(CN1CCSC1)[C@H]1CC[C@H](N2CCN(c3nc(Br)cc4ccccc34)CC2)CC1.Cl.Cl.Cl. The van der Waals surface area contributed by atoms with Crippen LogP contribution in [0.4, 0.5) is 5.82 Å². The van der Waals surface area contributed by atoms with E-state index in [1.54, 1.807) is 0 Å². The van der Waals surface area contributed by atoms with E-state index in [0.29, 0.717) is 12.0 Å². The summed E-state index contributed by atoms with van der Waals surface area (Å²) < 4.78 is 0.929. The van der Waals surface area contributed by atoms with Gasteiger partial charge in [-0.2, -0.15) is 0 Å². The van der Waals surface area contributed by atoms with Crippen LogP contribution in [0.2, 0.25) is 0 Å². The summed E-state index contributed by atoms with van der Waals surface area (Å²) in [6.07, 6.45) is 23.4. The standard InChI is InChI=1S/C38H62BrN5S.3ClH/c1-2-3-4-5-6-7-8-9-10-11-12-15-22-38(40,30-42-27-28-45-31-42)33-18-20-34(21-19-33)43-23-25-44(26-24-43)37-35-17-14-13-16-32(35)29-36(39)41-37;;;/h13-14,16-17,29,33-34H,2-12,15,18-28,30-31,40H2,1H3;3*1H/t33-,34-,38-;;;/m1.../s1. The van der Waals surface area contributed by atoms with E-state index in [-0.39, 0.29) is 42.8 Å². The molecule has 2 N–H and O–H groups in total. The molecular formula is C38H65BrCl3N5S. The fourth-order valence-corrected chi connectivity index (χ4v) is 9.81. The van der Waals surface area contributed by atoms with Crippen molar-refractivity contribution in [3.05, 3.63) is 34.9 Å². The molecule has 0 bridgehead atoms. The summed E-state index contributed by atoms with van der Waals surface area (Å²) in [4.78, 5) is 12.9. The summed E-state index contributed by atoms with van der Waals surface area (Å²) in [6.45, 7) is 9.02. The van der Waals surface area contributed by atoms with Crippen LogP contribution in [-0.2, 0) is 0 Å². The normalized spacial score (nSPS) is 21.7. The number of benzene rings is 1. The summed E-state index contributed by atoms with van der Waals surface area (Å²) in [5.74, 6) is 4.26. The number of hydrogen-bond acceptors (Lipinski definition) is 6. The van der Waals surface area contributed by atoms with Crippen LogP contribution in [0.5, 0.6) is 0 Å². The van der Waals surface area contributed by atoms with E-state index in [4.69, 9.17) is 10.7 Å². The van der Waals surface area contributed by atoms with Crippen LogP contribution in [0, 0.1) is 5.92 Å². The lowest BCUT2D eigenvalue weighted by atomic mass is 9.71. The van der Waals surface area contributed by atoms with E-state index in [0.717, 1.165) is 43.1 Å². The second kappa shape index (κ2) is 23.5. The topological polar surface area (TPSA) is 48.6 Å². The van der Waals surface area contributed by atoms with Crippen LogP contribution in [-0.4, -0.2) is 77.3 Å². The lowest BCUT2D eigenvalue weighted by Crippen LogP contribution is -2.57. The Kier molecular flexibility index (Phi) is 21.7. The molecule has 1 aromatic heterocycles. The van der Waals surface area contributed by atoms with Gasteiger partial charge in [-0.25, -0.2) is 4.98 Å². The predicted octanol–water partition coefficient (Wildman–Crippen LogP) is 10.7. The fourth-order valence-electron chi connectivity index (χ4n) is 8.40. The number of unbranched alkanes of at least 4 members (excludes halogenated alkanes) is 11. The van der Waals surface area contributed by atoms with Gasteiger partial charge in [-0.15, -0.1) is 49.0 Å². The molecule has 5 nitrogen and oxygen atoms in total. The van der Waals surface area contributed by atoms with Gasteiger partial charge in [0.05, 0.1) is 0 Å². The van der Waals surface area contributed by atoms with Crippen LogP contribution >= 0.6 is 64.9 Å². The van der Waals surface area contributed by atoms with Gasteiger partial charge in [-0.05, 0) is 65.4 Å². The third-order valence-corrected chi connectivity index (χ3v) is 12.6. The second-order valence-corrected chi connectivity index (χ2v) is 16.4. The van der Waals surface area contributed by atoms with Gasteiger partial charge in [0.15, 0.2) is 0 Å². The highest BCUT2D eigenvalue weighted by Crippen LogP contribution is 2.38. The van der Waals surface area contributed by atoms with Crippen molar-refractivity contribution >= 4 is 81.5 Å². The smallest absolute Gasteiger partial charge is 0.137 e. The van der Waals surface area contributed by atoms with Gasteiger partial charge in [0.2, 0.25) is 0 Å². The molecule has 1 aliphatic carbocycles. The molecule has 3 aliphatic rings. The number of thioether (sulfide) groups is 1. The molecular weight excluding hydrogens is 745 g/mol. The number of piperazine rings is 1. The summed E-state index contributed by atoms with van der Waals surface area (Å²) in [6, 6.07) is 11.5. The maximum atomic E-state index is 7.47. The van der Waals surface area contributed by atoms with Crippen LogP contribution in [0.3, 0.4) is 0 Å². The maximum Gasteiger partial charge on any atom is 0.137 e. The Balaban J connectivity index is 0.00000267. The molecule has 2 saturated heterocycles. The number of pyridine rings is 1. The van der Waals surface area contributed by atoms with E-state index in [1.165, 1.54) is 138 Å². The van der Waals surface area contributed by atoms with Gasteiger partial charge in [0, 0.05) is 67.9 Å². The van der Waals surface area contributed by atoms with Crippen molar-refractivity contribution in [3.8, 4) is 0 Å². The highest BCUT2D eigenvalue weighted by atomic mass is 79.9. The van der Waals surface area contributed by atoms with Gasteiger partial charge < -0.3 is 10.6 Å². The van der Waals surface area contributed by atoms with Crippen LogP contribution in [0.15, 0.2) is 34.9 Å². The zero-order chi connectivity index (χ0) is 31.3. The Morgan fingerprint density at radius 3 is 2.02 bits per heavy atom. The third kappa shape index (κ3) is 13.2. The summed E-state index contributed by atoms with van der Waals surface area (Å²) >= 11 is 5.74. The third-order valence-electron chi connectivity index (χ3n) is 11.2. The summed E-state index contributed by atoms with van der Waals surface area (Å²) in [5, 5.41) is 2.52. The predicted molar refractivity (Wildman–Crippen MR) is 222 cm³/mol. The molecule has 1 saturated carbocycles. The molecule has 10 heteroatoms. The molecule has 48 heavy (non-hydrogen) atoms. The lowest BCUT2D eigenvalue weighted by molar-refractivity contribution is 0.0835. The molecule has 1 aromatic carbocycles. The molecule has 3 heterocycles. The van der Waals surface area contributed by atoms with Gasteiger partial charge in [0.25, 0.3) is 0 Å². The van der Waals surface area contributed by atoms with Gasteiger partial charge in [-0.1, -0.05) is 108 Å². The molecule has 2 aromatic rings. The van der Waals surface area contributed by atoms with Crippen molar-refractivity contribution in [1.29, 1.82) is 0 Å². The molecule has 0 amide bonds. The van der Waals surface area contributed by atoms with Gasteiger partial charge in [0.1, 0.15) is 10.4 Å². The first kappa shape index (κ1) is 44.2. The van der Waals surface area contributed by atoms with Crippen molar-refractivity contribution in [2.45, 2.75) is 128 Å². The Hall–Kier alpha value is 0.01000. The molecule has 1 atom stereocenters. The Bertz CT molecular complexity index is 1140. The zero-order valence-electron chi connectivity index (χ0n) is 29.6. The highest BCUT2D eigenvalue weighted by molar-refractivity contribution is 9.10. The van der Waals surface area contributed by atoms with Crippen molar-refractivity contribution in [2.75, 3.05) is 55.8 Å². The minimum absolute atomic E-state index is 0. The van der Waals surface area contributed by atoms with E-state index < -0.39 is 0 Å². The number of halogens is 4. The monoisotopic (exact) mass is 807 g/mol. The first-order valence-corrected chi connectivity index (χ1v) is 20.6. The summed E-state index contributed by atoms with van der Waals surface area (Å²) in [7, 11) is 0. The summed E-state index contributed by atoms with van der Waals surface area (Å²) in [5.41, 5.74) is 7.45. The molecule has 0 radical (unpaired) electrons. The number of nitrogens with two attached hydrogens (primary N) is 1. The first-order valence-electron chi connectivity index (χ1n) is 18.7. The van der Waals surface area contributed by atoms with E-state index in [2.05, 4.69) is 79.6 Å². The fraction of sp³-hybridized carbons (Fsp3) is 0.763. The number of fused-ring (bicyclic) bond motifs is 1. The molecule has 3 fully saturated rings. The van der Waals surface area contributed by atoms with E-state index in [9.17, 15) is 0 Å². The number of hydrogen-bond donors (Lipinski definition) is 1. The van der Waals surface area contributed by atoms with Crippen LogP contribution in [0.1, 0.15) is 116 Å². The number of anilines is 1.